The van der Waals surface area contributed by atoms with Gasteiger partial charge in [-0.3, -0.25) is 14.5 Å². The van der Waals surface area contributed by atoms with Crippen LogP contribution in [0.1, 0.15) is 39.2 Å². The summed E-state index contributed by atoms with van der Waals surface area (Å²) in [5.41, 5.74) is 1.29. The molecular weight excluding hydrogens is 408 g/mol. The van der Waals surface area contributed by atoms with E-state index in [1.165, 1.54) is 4.90 Å². The highest BCUT2D eigenvalue weighted by Crippen LogP contribution is 2.25. The van der Waals surface area contributed by atoms with E-state index in [0.717, 1.165) is 11.3 Å². The maximum atomic E-state index is 12.3. The summed E-state index contributed by atoms with van der Waals surface area (Å²) in [6.07, 6.45) is 0.618. The molecular formula is C25H32N2O5. The van der Waals surface area contributed by atoms with Crippen LogP contribution >= 0.6 is 0 Å². The zero-order chi connectivity index (χ0) is 23.6. The van der Waals surface area contributed by atoms with E-state index in [1.807, 2.05) is 56.3 Å². The number of esters is 1. The summed E-state index contributed by atoms with van der Waals surface area (Å²) in [6, 6.07) is 16.4. The first-order valence-corrected chi connectivity index (χ1v) is 10.7. The third kappa shape index (κ3) is 8.41. The van der Waals surface area contributed by atoms with Gasteiger partial charge in [-0.2, -0.15) is 0 Å². The van der Waals surface area contributed by atoms with Crippen molar-refractivity contribution in [2.75, 3.05) is 25.1 Å². The highest BCUT2D eigenvalue weighted by molar-refractivity contribution is 5.88. The normalized spacial score (nSPS) is 10.9. The zero-order valence-electron chi connectivity index (χ0n) is 19.2. The van der Waals surface area contributed by atoms with E-state index in [-0.39, 0.29) is 24.7 Å². The molecule has 7 nitrogen and oxygen atoms in total. The number of carbonyl (C=O) groups excluding carboxylic acids is 3. The number of hydrogen-bond donors (Lipinski definition) is 1. The molecule has 1 N–H and O–H groups in total. The van der Waals surface area contributed by atoms with Crippen LogP contribution in [0, 0.1) is 5.41 Å². The van der Waals surface area contributed by atoms with Crippen molar-refractivity contribution >= 4 is 23.7 Å². The van der Waals surface area contributed by atoms with Crippen molar-refractivity contribution < 1.29 is 23.9 Å². The van der Waals surface area contributed by atoms with Gasteiger partial charge in [-0.05, 0) is 48.6 Å². The highest BCUT2D eigenvalue weighted by atomic mass is 16.6. The van der Waals surface area contributed by atoms with E-state index < -0.39 is 11.5 Å². The number of amides is 2. The first-order valence-electron chi connectivity index (χ1n) is 10.7. The second-order valence-electron chi connectivity index (χ2n) is 8.33. The van der Waals surface area contributed by atoms with Crippen molar-refractivity contribution in [2.24, 2.45) is 5.41 Å². The van der Waals surface area contributed by atoms with Crippen LogP contribution in [-0.4, -0.2) is 38.2 Å². The van der Waals surface area contributed by atoms with Gasteiger partial charge >= 0.3 is 12.1 Å². The van der Waals surface area contributed by atoms with E-state index >= 15 is 0 Å². The van der Waals surface area contributed by atoms with Crippen LogP contribution < -0.4 is 15.0 Å². The molecule has 0 fully saturated rings. The molecule has 0 aromatic heterocycles. The molecule has 0 aliphatic carbocycles. The number of carbonyl (C=O) groups is 3. The van der Waals surface area contributed by atoms with Crippen molar-refractivity contribution in [3.63, 3.8) is 0 Å². The molecule has 0 bridgehead atoms. The van der Waals surface area contributed by atoms with Crippen LogP contribution in [-0.2, 0) is 20.7 Å². The Morgan fingerprint density at radius 3 is 2.25 bits per heavy atom. The Kier molecular flexibility index (Phi) is 9.25. The van der Waals surface area contributed by atoms with Crippen LogP contribution in [0.25, 0.3) is 0 Å². The van der Waals surface area contributed by atoms with Gasteiger partial charge in [-0.25, -0.2) is 4.79 Å². The monoisotopic (exact) mass is 440 g/mol. The molecule has 0 spiro atoms. The lowest BCUT2D eigenvalue weighted by Crippen LogP contribution is -2.31. The molecule has 0 saturated carbocycles. The minimum absolute atomic E-state index is 0.103. The predicted molar refractivity (Wildman–Crippen MR) is 124 cm³/mol. The summed E-state index contributed by atoms with van der Waals surface area (Å²) in [4.78, 5) is 37.6. The number of rotatable bonds is 10. The summed E-state index contributed by atoms with van der Waals surface area (Å²) < 4.78 is 10.4. The number of nitrogens with one attached hydrogen (secondary N) is 1. The van der Waals surface area contributed by atoms with Gasteiger partial charge in [0.05, 0.1) is 13.0 Å². The number of anilines is 1. The standard InChI is InChI=1S/C25H32N2O5/c1-5-31-23(29)18-25(2,3)17-22(28)26-16-15-19-11-13-21(14-12-19)32-24(30)27(4)20-9-7-6-8-10-20/h6-14H,5,15-18H2,1-4H3,(H,26,28). The van der Waals surface area contributed by atoms with Gasteiger partial charge < -0.3 is 14.8 Å². The van der Waals surface area contributed by atoms with Crippen LogP contribution in [0.15, 0.2) is 54.6 Å². The summed E-state index contributed by atoms with van der Waals surface area (Å²) in [7, 11) is 1.66. The van der Waals surface area contributed by atoms with Crippen LogP contribution in [0.2, 0.25) is 0 Å². The molecule has 172 valence electrons. The van der Waals surface area contributed by atoms with Crippen molar-refractivity contribution in [3.05, 3.63) is 60.2 Å². The van der Waals surface area contributed by atoms with Crippen molar-refractivity contribution in [1.82, 2.24) is 5.32 Å². The summed E-state index contributed by atoms with van der Waals surface area (Å²) in [5, 5.41) is 2.89. The second-order valence-corrected chi connectivity index (χ2v) is 8.33. The number of para-hydroxylation sites is 1. The van der Waals surface area contributed by atoms with Crippen LogP contribution in [0.3, 0.4) is 0 Å². The molecule has 2 amide bonds. The van der Waals surface area contributed by atoms with Gasteiger partial charge in [0.25, 0.3) is 0 Å². The van der Waals surface area contributed by atoms with Crippen molar-refractivity contribution in [2.45, 2.75) is 40.0 Å². The molecule has 0 atom stereocenters. The minimum atomic E-state index is -0.471. The van der Waals surface area contributed by atoms with Gasteiger partial charge in [-0.15, -0.1) is 0 Å². The molecule has 0 aliphatic heterocycles. The average molecular weight is 441 g/mol. The predicted octanol–water partition coefficient (Wildman–Crippen LogP) is 4.35. The molecule has 0 heterocycles. The van der Waals surface area contributed by atoms with Crippen LogP contribution in [0.4, 0.5) is 10.5 Å². The maximum Gasteiger partial charge on any atom is 0.419 e. The topological polar surface area (TPSA) is 84.9 Å². The fraction of sp³-hybridized carbons (Fsp3) is 0.400. The summed E-state index contributed by atoms with van der Waals surface area (Å²) in [5.74, 6) is 0.0566. The summed E-state index contributed by atoms with van der Waals surface area (Å²) in [6.45, 7) is 6.32. The minimum Gasteiger partial charge on any atom is -0.466 e. The van der Waals surface area contributed by atoms with Crippen molar-refractivity contribution in [1.29, 1.82) is 0 Å². The van der Waals surface area contributed by atoms with Gasteiger partial charge in [0, 0.05) is 25.7 Å². The molecule has 2 aromatic carbocycles. The van der Waals surface area contributed by atoms with E-state index in [9.17, 15) is 14.4 Å². The highest BCUT2D eigenvalue weighted by Gasteiger charge is 2.26. The SMILES string of the molecule is CCOC(=O)CC(C)(C)CC(=O)NCCc1ccc(OC(=O)N(C)c2ccccc2)cc1. The summed E-state index contributed by atoms with van der Waals surface area (Å²) >= 11 is 0. The van der Waals surface area contributed by atoms with Gasteiger partial charge in [0.1, 0.15) is 5.75 Å². The van der Waals surface area contributed by atoms with E-state index in [4.69, 9.17) is 9.47 Å². The Balaban J connectivity index is 1.76. The Hall–Kier alpha value is -3.35. The molecule has 2 aromatic rings. The van der Waals surface area contributed by atoms with E-state index in [1.54, 1.807) is 26.1 Å². The Bertz CT molecular complexity index is 894. The lowest BCUT2D eigenvalue weighted by atomic mass is 9.85. The lowest BCUT2D eigenvalue weighted by Gasteiger charge is -2.22. The first kappa shape index (κ1) is 24.9. The Labute approximate surface area is 189 Å². The first-order chi connectivity index (χ1) is 15.2. The number of ether oxygens (including phenoxy) is 2. The van der Waals surface area contributed by atoms with Gasteiger partial charge in [0.2, 0.25) is 5.91 Å². The quantitative estimate of drug-likeness (QED) is 0.555. The fourth-order valence-electron chi connectivity index (χ4n) is 3.16. The van der Waals surface area contributed by atoms with Gasteiger partial charge in [0.15, 0.2) is 0 Å². The second kappa shape index (κ2) is 11.9. The molecule has 0 radical (unpaired) electrons. The third-order valence-electron chi connectivity index (χ3n) is 4.85. The molecule has 2 rings (SSSR count). The molecule has 0 saturated heterocycles. The number of benzene rings is 2. The van der Waals surface area contributed by atoms with E-state index in [0.29, 0.717) is 25.3 Å². The average Bonchev–Trinajstić information content (AvgIpc) is 2.74. The van der Waals surface area contributed by atoms with Gasteiger partial charge in [-0.1, -0.05) is 44.2 Å². The fourth-order valence-corrected chi connectivity index (χ4v) is 3.16. The molecule has 0 unspecified atom stereocenters. The Morgan fingerprint density at radius 1 is 0.969 bits per heavy atom. The molecule has 7 heteroatoms. The van der Waals surface area contributed by atoms with Crippen LogP contribution in [0.5, 0.6) is 5.75 Å². The lowest BCUT2D eigenvalue weighted by molar-refractivity contribution is -0.145. The maximum absolute atomic E-state index is 12.3. The zero-order valence-corrected chi connectivity index (χ0v) is 19.2. The third-order valence-corrected chi connectivity index (χ3v) is 4.85. The van der Waals surface area contributed by atoms with E-state index in [2.05, 4.69) is 5.32 Å². The van der Waals surface area contributed by atoms with Crippen molar-refractivity contribution in [3.8, 4) is 5.75 Å². The molecule has 32 heavy (non-hydrogen) atoms. The molecule has 0 aliphatic rings. The Morgan fingerprint density at radius 2 is 1.62 bits per heavy atom. The largest absolute Gasteiger partial charge is 0.466 e. The number of hydrogen-bond acceptors (Lipinski definition) is 5. The number of nitrogens with zero attached hydrogens (tertiary/aromatic N) is 1. The smallest absolute Gasteiger partial charge is 0.419 e.